The van der Waals surface area contributed by atoms with E-state index in [1.807, 2.05) is 60.7 Å². The van der Waals surface area contributed by atoms with Crippen molar-refractivity contribution in [3.05, 3.63) is 131 Å². The van der Waals surface area contributed by atoms with Gasteiger partial charge in [-0.1, -0.05) is 97.1 Å². The molecule has 2 atom stereocenters. The minimum atomic E-state index is -2.32. The Morgan fingerprint density at radius 3 is 1.31 bits per heavy atom. The van der Waals surface area contributed by atoms with Crippen LogP contribution in [0.25, 0.3) is 0 Å². The molecule has 0 radical (unpaired) electrons. The van der Waals surface area contributed by atoms with E-state index in [1.54, 1.807) is 36.4 Å². The summed E-state index contributed by atoms with van der Waals surface area (Å²) in [7, 11) is 0. The molecule has 0 spiro atoms. The number of para-hydroxylation sites is 2. The summed E-state index contributed by atoms with van der Waals surface area (Å²) in [5.41, 5.74) is -2.61. The highest BCUT2D eigenvalue weighted by molar-refractivity contribution is 6.22. The Hall–Kier alpha value is -6.30. The molecule has 0 unspecified atom stereocenters. The first-order valence-electron chi connectivity index (χ1n) is 17.0. The molecule has 9 rings (SSSR count). The number of ether oxygens (including phenoxy) is 4. The molecule has 4 aromatic carbocycles. The summed E-state index contributed by atoms with van der Waals surface area (Å²) in [6.07, 6.45) is -1.49. The van der Waals surface area contributed by atoms with Gasteiger partial charge in [0.1, 0.15) is 24.7 Å². The SMILES string of the molecule is O=C1OC[C@H](Cc2ccccc2)N1C(=O)C12C(=O)Oc3ccccc3C1C1(C(=O)N3C(=O)OC[C@@H]3Cc3ccccc3)C(=O)Oc3ccccc3C21. The number of hydrogen-bond donors (Lipinski definition) is 0. The second kappa shape index (κ2) is 11.6. The second-order valence-corrected chi connectivity index (χ2v) is 13.6. The summed E-state index contributed by atoms with van der Waals surface area (Å²) >= 11 is 0. The Balaban J connectivity index is 1.24. The molecule has 5 aliphatic rings. The molecule has 2 saturated heterocycles. The molecule has 52 heavy (non-hydrogen) atoms. The molecule has 0 N–H and O–H groups in total. The molecule has 4 aliphatic heterocycles. The van der Waals surface area contributed by atoms with Gasteiger partial charge in [-0.3, -0.25) is 19.2 Å². The molecule has 1 aliphatic carbocycles. The number of hydrogen-bond acceptors (Lipinski definition) is 10. The Labute approximate surface area is 296 Å². The molecular weight excluding hydrogens is 668 g/mol. The molecular formula is C40H30N2O10. The van der Waals surface area contributed by atoms with Gasteiger partial charge in [-0.2, -0.15) is 0 Å². The van der Waals surface area contributed by atoms with Crippen LogP contribution in [0.4, 0.5) is 9.59 Å². The monoisotopic (exact) mass is 698 g/mol. The number of carbonyl (C=O) groups is 6. The van der Waals surface area contributed by atoms with E-state index in [0.29, 0.717) is 0 Å². The summed E-state index contributed by atoms with van der Waals surface area (Å²) in [6.45, 7) is -0.278. The van der Waals surface area contributed by atoms with Crippen molar-refractivity contribution < 1.29 is 47.7 Å². The van der Waals surface area contributed by atoms with E-state index in [2.05, 4.69) is 0 Å². The summed E-state index contributed by atoms with van der Waals surface area (Å²) in [4.78, 5) is 89.2. The second-order valence-electron chi connectivity index (χ2n) is 13.6. The van der Waals surface area contributed by atoms with Gasteiger partial charge in [0.15, 0.2) is 10.8 Å². The first-order chi connectivity index (χ1) is 25.3. The van der Waals surface area contributed by atoms with E-state index in [9.17, 15) is 19.2 Å². The van der Waals surface area contributed by atoms with E-state index in [4.69, 9.17) is 18.9 Å². The van der Waals surface area contributed by atoms with Crippen molar-refractivity contribution in [3.8, 4) is 11.5 Å². The summed E-state index contributed by atoms with van der Waals surface area (Å²) in [6, 6.07) is 29.4. The number of cyclic esters (lactones) is 2. The zero-order valence-corrected chi connectivity index (χ0v) is 27.5. The molecule has 260 valence electrons. The molecule has 4 aromatic rings. The van der Waals surface area contributed by atoms with Crippen LogP contribution in [-0.4, -0.2) is 71.0 Å². The summed E-state index contributed by atoms with van der Waals surface area (Å²) < 4.78 is 22.6. The van der Waals surface area contributed by atoms with Crippen LogP contribution in [-0.2, 0) is 41.5 Å². The maximum atomic E-state index is 15.4. The molecule has 4 heterocycles. The van der Waals surface area contributed by atoms with Crippen LogP contribution < -0.4 is 9.47 Å². The minimum absolute atomic E-state index is 0.0351. The third kappa shape index (κ3) is 4.20. The van der Waals surface area contributed by atoms with Crippen LogP contribution in [0.15, 0.2) is 109 Å². The van der Waals surface area contributed by atoms with E-state index >= 15 is 9.59 Å². The Kier molecular flexibility index (Phi) is 7.08. The highest BCUT2D eigenvalue weighted by Gasteiger charge is 2.89. The normalized spacial score (nSPS) is 28.2. The maximum absolute atomic E-state index is 15.4. The van der Waals surface area contributed by atoms with Crippen molar-refractivity contribution in [1.29, 1.82) is 0 Å². The highest BCUT2D eigenvalue weighted by Crippen LogP contribution is 2.78. The van der Waals surface area contributed by atoms with Crippen LogP contribution in [0, 0.1) is 10.8 Å². The van der Waals surface area contributed by atoms with Crippen LogP contribution in [0.5, 0.6) is 11.5 Å². The van der Waals surface area contributed by atoms with E-state index < -0.39 is 70.7 Å². The molecule has 0 aromatic heterocycles. The molecule has 1 saturated carbocycles. The zero-order chi connectivity index (χ0) is 35.8. The van der Waals surface area contributed by atoms with E-state index in [0.717, 1.165) is 20.9 Å². The fourth-order valence-corrected chi connectivity index (χ4v) is 8.96. The quantitative estimate of drug-likeness (QED) is 0.160. The number of rotatable bonds is 6. The molecule has 0 bridgehead atoms. The molecule has 12 heteroatoms. The number of benzene rings is 4. The van der Waals surface area contributed by atoms with Crippen molar-refractivity contribution in [2.24, 2.45) is 10.8 Å². The number of nitrogens with zero attached hydrogens (tertiary/aromatic N) is 2. The van der Waals surface area contributed by atoms with Crippen molar-refractivity contribution >= 4 is 35.9 Å². The average molecular weight is 699 g/mol. The fraction of sp³-hybridized carbons (Fsp3) is 0.250. The molecule has 3 fully saturated rings. The standard InChI is InChI=1S/C40H30N2O10/c43-33(41-25(21-49-37(41)47)19-23-11-3-1-4-12-23)39-31(27-15-7-9-17-29(27)51-35(39)45)40(32(39)28-16-8-10-18-30(28)52-36(40)46)34(44)42-26(22-50-38(42)48)20-24-13-5-2-6-14-24/h1-18,25-26,31-32H,19-22H2/t25-,26-,31?,32?,39?,40?/m0/s1. The lowest BCUT2D eigenvalue weighted by Gasteiger charge is -2.66. The number of amides is 4. The first kappa shape index (κ1) is 31.7. The van der Waals surface area contributed by atoms with Crippen LogP contribution in [0.2, 0.25) is 0 Å². The van der Waals surface area contributed by atoms with Crippen molar-refractivity contribution in [2.45, 2.75) is 36.8 Å². The van der Waals surface area contributed by atoms with Crippen LogP contribution in [0.1, 0.15) is 34.1 Å². The van der Waals surface area contributed by atoms with Gasteiger partial charge in [0, 0.05) is 23.0 Å². The molecule has 12 nitrogen and oxygen atoms in total. The smallest absolute Gasteiger partial charge is 0.417 e. The number of imide groups is 2. The van der Waals surface area contributed by atoms with Gasteiger partial charge in [0.2, 0.25) is 0 Å². The molecule has 4 amide bonds. The van der Waals surface area contributed by atoms with Gasteiger partial charge in [0.05, 0.1) is 12.1 Å². The van der Waals surface area contributed by atoms with E-state index in [-0.39, 0.29) is 48.7 Å². The zero-order valence-electron chi connectivity index (χ0n) is 27.5. The predicted molar refractivity (Wildman–Crippen MR) is 179 cm³/mol. The Bertz CT molecular complexity index is 2020. The first-order valence-corrected chi connectivity index (χ1v) is 17.0. The average Bonchev–Trinajstić information content (AvgIpc) is 3.69. The number of carbonyl (C=O) groups excluding carboxylic acids is 6. The lowest BCUT2D eigenvalue weighted by Crippen LogP contribution is -2.79. The number of esters is 2. The summed E-state index contributed by atoms with van der Waals surface area (Å²) in [5.74, 6) is -7.03. The fourth-order valence-electron chi connectivity index (χ4n) is 8.96. The van der Waals surface area contributed by atoms with Gasteiger partial charge in [0.25, 0.3) is 11.8 Å². The van der Waals surface area contributed by atoms with Gasteiger partial charge >= 0.3 is 24.1 Å². The van der Waals surface area contributed by atoms with Gasteiger partial charge in [-0.15, -0.1) is 0 Å². The Morgan fingerprint density at radius 2 is 0.904 bits per heavy atom. The van der Waals surface area contributed by atoms with Gasteiger partial charge < -0.3 is 18.9 Å². The van der Waals surface area contributed by atoms with Crippen molar-refractivity contribution in [1.82, 2.24) is 9.80 Å². The highest BCUT2D eigenvalue weighted by atomic mass is 16.6. The van der Waals surface area contributed by atoms with Gasteiger partial charge in [-0.05, 0) is 36.1 Å². The third-order valence-electron chi connectivity index (χ3n) is 11.1. The number of fused-ring (bicyclic) bond motifs is 8. The summed E-state index contributed by atoms with van der Waals surface area (Å²) in [5, 5.41) is 0. The van der Waals surface area contributed by atoms with Crippen molar-refractivity contribution in [3.63, 3.8) is 0 Å². The predicted octanol–water partition coefficient (Wildman–Crippen LogP) is 4.56. The maximum Gasteiger partial charge on any atom is 0.417 e. The lowest BCUT2D eigenvalue weighted by atomic mass is 9.34. The van der Waals surface area contributed by atoms with Gasteiger partial charge in [-0.25, -0.2) is 19.4 Å². The van der Waals surface area contributed by atoms with Crippen molar-refractivity contribution in [2.75, 3.05) is 13.2 Å². The topological polar surface area (TPSA) is 146 Å². The van der Waals surface area contributed by atoms with Crippen LogP contribution >= 0.6 is 0 Å². The largest absolute Gasteiger partial charge is 0.447 e. The Morgan fingerprint density at radius 1 is 0.538 bits per heavy atom. The lowest BCUT2D eigenvalue weighted by molar-refractivity contribution is -0.207. The van der Waals surface area contributed by atoms with Crippen LogP contribution in [0.3, 0.4) is 0 Å². The van der Waals surface area contributed by atoms with E-state index in [1.165, 1.54) is 12.1 Å². The minimum Gasteiger partial charge on any atom is -0.447 e. The third-order valence-corrected chi connectivity index (χ3v) is 11.1.